The molecule has 15 nitrogen and oxygen atoms in total. The Kier molecular flexibility index (Phi) is 19.6. The fraction of sp³-hybridized carbons (Fsp3) is 0.526. The highest BCUT2D eigenvalue weighted by Gasteiger charge is 2.28. The van der Waals surface area contributed by atoms with Gasteiger partial charge in [0, 0.05) is 25.1 Å². The molecule has 0 aliphatic heterocycles. The van der Waals surface area contributed by atoms with Crippen LogP contribution in [0.3, 0.4) is 0 Å². The highest BCUT2D eigenvalue weighted by molar-refractivity contribution is 5.96. The Morgan fingerprint density at radius 2 is 1.40 bits per heavy atom. The molecule has 4 amide bonds. The van der Waals surface area contributed by atoms with Gasteiger partial charge < -0.3 is 45.3 Å². The van der Waals surface area contributed by atoms with Crippen LogP contribution < -0.4 is 21.3 Å². The molecule has 0 saturated heterocycles. The maximum atomic E-state index is 13.0. The average molecular weight is 743 g/mol. The molecule has 2 aromatic rings. The van der Waals surface area contributed by atoms with E-state index in [0.29, 0.717) is 30.5 Å². The van der Waals surface area contributed by atoms with Crippen molar-refractivity contribution in [3.05, 3.63) is 71.3 Å². The summed E-state index contributed by atoms with van der Waals surface area (Å²) in [4.78, 5) is 73.7. The van der Waals surface area contributed by atoms with Crippen molar-refractivity contribution in [2.24, 2.45) is 5.92 Å². The Hall–Kier alpha value is -5.02. The molecule has 0 fully saturated rings. The predicted octanol–water partition coefficient (Wildman–Crippen LogP) is 3.60. The number of benzene rings is 2. The summed E-state index contributed by atoms with van der Waals surface area (Å²) in [6.07, 6.45) is 0.476. The van der Waals surface area contributed by atoms with Gasteiger partial charge in [-0.25, -0.2) is 14.4 Å². The van der Waals surface area contributed by atoms with E-state index in [9.17, 15) is 33.9 Å². The van der Waals surface area contributed by atoms with Gasteiger partial charge in [0.25, 0.3) is 5.91 Å². The van der Waals surface area contributed by atoms with Crippen molar-refractivity contribution in [3.63, 3.8) is 0 Å². The van der Waals surface area contributed by atoms with Gasteiger partial charge in [-0.05, 0) is 75.8 Å². The second-order valence-electron chi connectivity index (χ2n) is 13.5. The number of carbonyl (C=O) groups is 6. The Labute approximate surface area is 310 Å². The lowest BCUT2D eigenvalue weighted by atomic mass is 10.0. The van der Waals surface area contributed by atoms with Crippen LogP contribution in [0, 0.1) is 5.92 Å². The highest BCUT2D eigenvalue weighted by Crippen LogP contribution is 2.13. The molecule has 53 heavy (non-hydrogen) atoms. The molecule has 0 saturated carbocycles. The predicted molar refractivity (Wildman–Crippen MR) is 195 cm³/mol. The molecule has 2 aromatic carbocycles. The number of unbranched alkanes of at least 4 members (excludes halogenated alkanes) is 1. The average Bonchev–Trinajstić information content (AvgIpc) is 3.10. The van der Waals surface area contributed by atoms with E-state index in [1.54, 1.807) is 83.1 Å². The molecule has 0 radical (unpaired) electrons. The number of hydrogen-bond donors (Lipinski definition) is 5. The number of esters is 1. The minimum atomic E-state index is -1.18. The topological polar surface area (TPSA) is 208 Å². The summed E-state index contributed by atoms with van der Waals surface area (Å²) >= 11 is 0. The highest BCUT2D eigenvalue weighted by atomic mass is 16.6. The summed E-state index contributed by atoms with van der Waals surface area (Å²) in [5, 5.41) is 20.0. The van der Waals surface area contributed by atoms with Gasteiger partial charge in [-0.2, -0.15) is 0 Å². The SMILES string of the molecule is CC(C)[C@H](NC(=O)[C@H](CCCCNC(=O)CCOCCOCCNC(=O)c1ccc(C(=O)OC(C)(C)C)cc1)NC(=O)OCc1ccccc1)C(=O)O. The van der Waals surface area contributed by atoms with Gasteiger partial charge in [0.05, 0.1) is 32.0 Å². The molecule has 0 spiro atoms. The van der Waals surface area contributed by atoms with Crippen molar-refractivity contribution in [2.75, 3.05) is 39.5 Å². The van der Waals surface area contributed by atoms with Crippen LogP contribution in [0.25, 0.3) is 0 Å². The Morgan fingerprint density at radius 3 is 2.02 bits per heavy atom. The molecule has 15 heteroatoms. The van der Waals surface area contributed by atoms with Crippen LogP contribution in [-0.2, 0) is 39.9 Å². The van der Waals surface area contributed by atoms with E-state index >= 15 is 0 Å². The van der Waals surface area contributed by atoms with Crippen LogP contribution in [0.4, 0.5) is 4.79 Å². The third kappa shape index (κ3) is 18.9. The first kappa shape index (κ1) is 44.1. The fourth-order valence-corrected chi connectivity index (χ4v) is 4.65. The van der Waals surface area contributed by atoms with Crippen molar-refractivity contribution in [2.45, 2.75) is 84.6 Å². The van der Waals surface area contributed by atoms with Gasteiger partial charge in [0.2, 0.25) is 11.8 Å². The van der Waals surface area contributed by atoms with Gasteiger partial charge in [-0.3, -0.25) is 14.4 Å². The van der Waals surface area contributed by atoms with E-state index in [0.717, 1.165) is 5.56 Å². The summed E-state index contributed by atoms with van der Waals surface area (Å²) < 4.78 is 21.5. The minimum absolute atomic E-state index is 0.00477. The van der Waals surface area contributed by atoms with Gasteiger partial charge >= 0.3 is 18.0 Å². The molecule has 5 N–H and O–H groups in total. The summed E-state index contributed by atoms with van der Waals surface area (Å²) in [6.45, 7) is 10.3. The second kappa shape index (κ2) is 23.5. The number of carboxylic acid groups (broad SMARTS) is 1. The first-order valence-electron chi connectivity index (χ1n) is 17.7. The van der Waals surface area contributed by atoms with Crippen molar-refractivity contribution >= 4 is 35.8 Å². The number of ether oxygens (including phenoxy) is 4. The molecule has 0 aliphatic carbocycles. The Balaban J connectivity index is 1.60. The van der Waals surface area contributed by atoms with Gasteiger partial charge in [0.1, 0.15) is 24.3 Å². The summed E-state index contributed by atoms with van der Waals surface area (Å²) in [5.74, 6) is -3.17. The lowest BCUT2D eigenvalue weighted by Gasteiger charge is -2.23. The molecule has 0 heterocycles. The third-order valence-corrected chi connectivity index (χ3v) is 7.45. The molecule has 0 bridgehead atoms. The first-order valence-corrected chi connectivity index (χ1v) is 17.7. The van der Waals surface area contributed by atoms with Crippen molar-refractivity contribution in [3.8, 4) is 0 Å². The van der Waals surface area contributed by atoms with Crippen molar-refractivity contribution < 1.29 is 52.8 Å². The molecular weight excluding hydrogens is 688 g/mol. The smallest absolute Gasteiger partial charge is 0.408 e. The maximum absolute atomic E-state index is 13.0. The first-order chi connectivity index (χ1) is 25.2. The zero-order valence-electron chi connectivity index (χ0n) is 31.2. The van der Waals surface area contributed by atoms with Crippen LogP contribution in [-0.4, -0.2) is 98.1 Å². The van der Waals surface area contributed by atoms with Crippen molar-refractivity contribution in [1.29, 1.82) is 0 Å². The van der Waals surface area contributed by atoms with Crippen LogP contribution in [0.2, 0.25) is 0 Å². The van der Waals surface area contributed by atoms with E-state index < -0.39 is 41.6 Å². The molecule has 0 aromatic heterocycles. The third-order valence-electron chi connectivity index (χ3n) is 7.45. The maximum Gasteiger partial charge on any atom is 0.408 e. The lowest BCUT2D eigenvalue weighted by Crippen LogP contribution is -2.53. The van der Waals surface area contributed by atoms with E-state index in [1.807, 2.05) is 6.07 Å². The summed E-state index contributed by atoms with van der Waals surface area (Å²) in [7, 11) is 0. The fourth-order valence-electron chi connectivity index (χ4n) is 4.65. The summed E-state index contributed by atoms with van der Waals surface area (Å²) in [6, 6.07) is 13.0. The number of carboxylic acids is 1. The Bertz CT molecular complexity index is 1460. The van der Waals surface area contributed by atoms with Crippen LogP contribution in [0.1, 0.15) is 86.6 Å². The second-order valence-corrected chi connectivity index (χ2v) is 13.5. The van der Waals surface area contributed by atoms with E-state index in [-0.39, 0.29) is 70.2 Å². The van der Waals surface area contributed by atoms with Gasteiger partial charge in [0.15, 0.2) is 0 Å². The summed E-state index contributed by atoms with van der Waals surface area (Å²) in [5.41, 5.74) is 0.913. The standard InChI is InChI=1S/C38H54N4O11/c1-26(2)32(35(46)47)42-34(45)30(41-37(49)52-25-27-11-7-6-8-12-27)13-9-10-19-39-31(43)18-21-50-23-24-51-22-20-40-33(44)28-14-16-29(17-15-28)36(48)53-38(3,4)5/h6-8,11-12,14-17,26,30,32H,9-10,13,18-25H2,1-5H3,(H,39,43)(H,40,44)(H,41,49)(H,42,45)(H,46,47)/t30-,32-/m0/s1. The van der Waals surface area contributed by atoms with Crippen LogP contribution in [0.5, 0.6) is 0 Å². The molecule has 0 aliphatic rings. The van der Waals surface area contributed by atoms with Crippen LogP contribution >= 0.6 is 0 Å². The molecule has 0 unspecified atom stereocenters. The number of aliphatic carboxylic acids is 1. The largest absolute Gasteiger partial charge is 0.480 e. The molecule has 2 atom stereocenters. The number of amides is 4. The number of nitrogens with one attached hydrogen (secondary N) is 4. The van der Waals surface area contributed by atoms with Gasteiger partial charge in [-0.1, -0.05) is 44.2 Å². The molecular formula is C38H54N4O11. The minimum Gasteiger partial charge on any atom is -0.480 e. The quantitative estimate of drug-likeness (QED) is 0.0821. The van der Waals surface area contributed by atoms with E-state index in [2.05, 4.69) is 21.3 Å². The zero-order chi connectivity index (χ0) is 39.2. The molecule has 292 valence electrons. The van der Waals surface area contributed by atoms with E-state index in [1.165, 1.54) is 0 Å². The zero-order valence-corrected chi connectivity index (χ0v) is 31.2. The Morgan fingerprint density at radius 1 is 0.755 bits per heavy atom. The lowest BCUT2D eigenvalue weighted by molar-refractivity contribution is -0.143. The molecule has 2 rings (SSSR count). The normalized spacial score (nSPS) is 12.3. The van der Waals surface area contributed by atoms with Crippen LogP contribution in [0.15, 0.2) is 54.6 Å². The van der Waals surface area contributed by atoms with E-state index in [4.69, 9.17) is 18.9 Å². The number of rotatable bonds is 23. The monoisotopic (exact) mass is 742 g/mol. The number of alkyl carbamates (subject to hydrolysis) is 1. The number of hydrogen-bond acceptors (Lipinski definition) is 10. The van der Waals surface area contributed by atoms with Crippen molar-refractivity contribution in [1.82, 2.24) is 21.3 Å². The number of carbonyl (C=O) groups excluding carboxylic acids is 5. The van der Waals surface area contributed by atoms with Gasteiger partial charge in [-0.15, -0.1) is 0 Å².